The van der Waals surface area contributed by atoms with Crippen LogP contribution in [0.4, 0.5) is 13.2 Å². The minimum atomic E-state index is -4.38. The molecule has 3 nitrogen and oxygen atoms in total. The third-order valence-corrected chi connectivity index (χ3v) is 5.74. The number of alkyl halides is 3. The molecule has 3 rings (SSSR count). The van der Waals surface area contributed by atoms with Gasteiger partial charge in [0.1, 0.15) is 0 Å². The second-order valence-corrected chi connectivity index (χ2v) is 8.08. The summed E-state index contributed by atoms with van der Waals surface area (Å²) in [5.74, 6) is -0.894. The van der Waals surface area contributed by atoms with Gasteiger partial charge >= 0.3 is 12.1 Å². The van der Waals surface area contributed by atoms with E-state index in [-0.39, 0.29) is 6.54 Å². The highest BCUT2D eigenvalue weighted by Gasteiger charge is 2.30. The van der Waals surface area contributed by atoms with Gasteiger partial charge < -0.3 is 5.11 Å². The average Bonchev–Trinajstić information content (AvgIpc) is 3.13. The molecule has 7 heteroatoms. The summed E-state index contributed by atoms with van der Waals surface area (Å²) >= 11 is 1.58. The molecule has 0 fully saturated rings. The van der Waals surface area contributed by atoms with Crippen LogP contribution in [0.25, 0.3) is 16.7 Å². The summed E-state index contributed by atoms with van der Waals surface area (Å²) in [4.78, 5) is 12.6. The monoisotopic (exact) mass is 445 g/mol. The van der Waals surface area contributed by atoms with Crippen molar-refractivity contribution < 1.29 is 23.1 Å². The number of benzene rings is 2. The van der Waals surface area contributed by atoms with Gasteiger partial charge in [-0.05, 0) is 70.3 Å². The van der Waals surface area contributed by atoms with E-state index in [9.17, 15) is 18.0 Å². The molecule has 0 unspecified atom stereocenters. The predicted octanol–water partition coefficient (Wildman–Crippen LogP) is 6.19. The molecule has 0 atom stereocenters. The number of halogens is 3. The Morgan fingerprint density at radius 3 is 2.39 bits per heavy atom. The van der Waals surface area contributed by atoms with E-state index in [2.05, 4.69) is 0 Å². The van der Waals surface area contributed by atoms with Gasteiger partial charge in [-0.15, -0.1) is 0 Å². The fourth-order valence-corrected chi connectivity index (χ4v) is 4.13. The van der Waals surface area contributed by atoms with Gasteiger partial charge in [0, 0.05) is 6.54 Å². The molecule has 0 amide bonds. The van der Waals surface area contributed by atoms with Crippen LogP contribution in [-0.4, -0.2) is 36.1 Å². The van der Waals surface area contributed by atoms with Crippen LogP contribution in [0.2, 0.25) is 0 Å². The minimum absolute atomic E-state index is 0.0686. The predicted molar refractivity (Wildman–Crippen MR) is 118 cm³/mol. The van der Waals surface area contributed by atoms with Gasteiger partial charge in [-0.1, -0.05) is 42.5 Å². The molecule has 0 saturated heterocycles. The lowest BCUT2D eigenvalue weighted by Crippen LogP contribution is -2.25. The topological polar surface area (TPSA) is 40.5 Å². The van der Waals surface area contributed by atoms with Gasteiger partial charge in [0.15, 0.2) is 0 Å². The van der Waals surface area contributed by atoms with Crippen LogP contribution in [0.5, 0.6) is 0 Å². The van der Waals surface area contributed by atoms with Gasteiger partial charge in [-0.3, -0.25) is 9.69 Å². The van der Waals surface area contributed by atoms with Gasteiger partial charge in [0.2, 0.25) is 0 Å². The summed E-state index contributed by atoms with van der Waals surface area (Å²) in [5, 5.41) is 13.1. The highest BCUT2D eigenvalue weighted by atomic mass is 32.1. The SMILES string of the molecule is Cc1cscc1/C(=C/CN(C)CC(=O)O)c1ccc(-c2cccc(C(F)(F)F)c2)cc1. The molecule has 1 heterocycles. The van der Waals surface area contributed by atoms with Gasteiger partial charge in [0.25, 0.3) is 0 Å². The molecule has 162 valence electrons. The molecular formula is C24H22F3NO2S. The zero-order valence-electron chi connectivity index (χ0n) is 17.1. The van der Waals surface area contributed by atoms with Gasteiger partial charge in [-0.2, -0.15) is 24.5 Å². The highest BCUT2D eigenvalue weighted by molar-refractivity contribution is 7.08. The van der Waals surface area contributed by atoms with Crippen LogP contribution in [-0.2, 0) is 11.0 Å². The number of carboxylic acids is 1. The van der Waals surface area contributed by atoms with E-state index in [1.54, 1.807) is 41.5 Å². The maximum atomic E-state index is 13.0. The Kier molecular flexibility index (Phi) is 6.97. The van der Waals surface area contributed by atoms with Crippen molar-refractivity contribution in [2.24, 2.45) is 0 Å². The molecule has 0 aliphatic heterocycles. The van der Waals surface area contributed by atoms with Crippen molar-refractivity contribution in [2.45, 2.75) is 13.1 Å². The van der Waals surface area contributed by atoms with E-state index >= 15 is 0 Å². The Hall–Kier alpha value is -2.90. The lowest BCUT2D eigenvalue weighted by Gasteiger charge is -2.14. The molecule has 0 aliphatic rings. The number of hydrogen-bond acceptors (Lipinski definition) is 3. The van der Waals surface area contributed by atoms with Crippen molar-refractivity contribution >= 4 is 22.9 Å². The summed E-state index contributed by atoms with van der Waals surface area (Å²) in [6.45, 7) is 2.39. The average molecular weight is 446 g/mol. The van der Waals surface area contributed by atoms with Crippen molar-refractivity contribution in [1.82, 2.24) is 4.90 Å². The van der Waals surface area contributed by atoms with Crippen LogP contribution in [0, 0.1) is 6.92 Å². The molecule has 0 aliphatic carbocycles. The Balaban J connectivity index is 1.93. The molecule has 0 radical (unpaired) electrons. The maximum Gasteiger partial charge on any atom is 0.416 e. The first kappa shape index (κ1) is 22.8. The smallest absolute Gasteiger partial charge is 0.416 e. The molecule has 0 bridgehead atoms. The number of carboxylic acid groups (broad SMARTS) is 1. The van der Waals surface area contributed by atoms with Crippen molar-refractivity contribution in [1.29, 1.82) is 0 Å². The number of hydrogen-bond donors (Lipinski definition) is 1. The van der Waals surface area contributed by atoms with Crippen molar-refractivity contribution in [3.05, 3.63) is 87.6 Å². The number of aliphatic carboxylic acids is 1. The Bertz CT molecular complexity index is 1080. The summed E-state index contributed by atoms with van der Waals surface area (Å²) in [6, 6.07) is 12.7. The molecule has 0 saturated carbocycles. The van der Waals surface area contributed by atoms with E-state index in [4.69, 9.17) is 5.11 Å². The summed E-state index contributed by atoms with van der Waals surface area (Å²) in [7, 11) is 1.74. The molecule has 1 aromatic heterocycles. The summed E-state index contributed by atoms with van der Waals surface area (Å²) < 4.78 is 39.1. The largest absolute Gasteiger partial charge is 0.480 e. The number of thiophene rings is 1. The van der Waals surface area contributed by atoms with Gasteiger partial charge in [0.05, 0.1) is 12.1 Å². The van der Waals surface area contributed by atoms with E-state index < -0.39 is 17.7 Å². The van der Waals surface area contributed by atoms with Crippen LogP contribution < -0.4 is 0 Å². The van der Waals surface area contributed by atoms with Crippen LogP contribution in [0.3, 0.4) is 0 Å². The standard InChI is InChI=1S/C24H22F3NO2S/c1-16-14-31-15-22(16)21(10-11-28(2)13-23(29)30)18-8-6-17(7-9-18)19-4-3-5-20(12-19)24(25,26)27/h3-10,12,14-15H,11,13H2,1-2H3,(H,29,30)/b21-10+. The summed E-state index contributed by atoms with van der Waals surface area (Å²) in [6.07, 6.45) is -2.40. The van der Waals surface area contributed by atoms with Crippen molar-refractivity contribution in [3.63, 3.8) is 0 Å². The number of nitrogens with zero attached hydrogens (tertiary/aromatic N) is 1. The summed E-state index contributed by atoms with van der Waals surface area (Å²) in [5.41, 5.74) is 4.57. The van der Waals surface area contributed by atoms with E-state index in [0.717, 1.165) is 34.4 Å². The zero-order valence-corrected chi connectivity index (χ0v) is 17.9. The minimum Gasteiger partial charge on any atom is -0.480 e. The lowest BCUT2D eigenvalue weighted by atomic mass is 9.94. The Morgan fingerprint density at radius 2 is 1.81 bits per heavy atom. The van der Waals surface area contributed by atoms with Crippen LogP contribution >= 0.6 is 11.3 Å². The van der Waals surface area contributed by atoms with E-state index in [0.29, 0.717) is 17.7 Å². The van der Waals surface area contributed by atoms with Crippen molar-refractivity contribution in [2.75, 3.05) is 20.1 Å². The van der Waals surface area contributed by atoms with Crippen LogP contribution in [0.15, 0.2) is 65.4 Å². The second kappa shape index (κ2) is 9.49. The molecular weight excluding hydrogens is 423 g/mol. The maximum absolute atomic E-state index is 13.0. The van der Waals surface area contributed by atoms with Crippen molar-refractivity contribution in [3.8, 4) is 11.1 Å². The first-order chi connectivity index (χ1) is 14.6. The molecule has 0 spiro atoms. The number of rotatable bonds is 7. The second-order valence-electron chi connectivity index (χ2n) is 7.33. The Morgan fingerprint density at radius 1 is 1.10 bits per heavy atom. The fourth-order valence-electron chi connectivity index (χ4n) is 3.28. The van der Waals surface area contributed by atoms with Gasteiger partial charge in [-0.25, -0.2) is 0 Å². The third kappa shape index (κ3) is 5.83. The quantitative estimate of drug-likeness (QED) is 0.471. The Labute approximate surface area is 183 Å². The normalized spacial score (nSPS) is 12.4. The molecule has 1 N–H and O–H groups in total. The number of carbonyl (C=O) groups is 1. The van der Waals surface area contributed by atoms with E-state index in [1.165, 1.54) is 6.07 Å². The first-order valence-corrected chi connectivity index (χ1v) is 10.5. The van der Waals surface area contributed by atoms with Crippen LogP contribution in [0.1, 0.15) is 22.3 Å². The lowest BCUT2D eigenvalue weighted by molar-refractivity contribution is -0.138. The fraction of sp³-hybridized carbons (Fsp3) is 0.208. The highest BCUT2D eigenvalue weighted by Crippen LogP contribution is 2.33. The van der Waals surface area contributed by atoms with E-state index in [1.807, 2.05) is 35.9 Å². The molecule has 2 aromatic carbocycles. The molecule has 31 heavy (non-hydrogen) atoms. The third-order valence-electron chi connectivity index (χ3n) is 4.88. The number of aryl methyl sites for hydroxylation is 1. The number of likely N-dealkylation sites (N-methyl/N-ethyl adjacent to an activating group) is 1. The zero-order chi connectivity index (χ0) is 22.6. The first-order valence-electron chi connectivity index (χ1n) is 9.57. The molecule has 3 aromatic rings.